The second-order valence-electron chi connectivity index (χ2n) is 7.45. The van der Waals surface area contributed by atoms with E-state index in [4.69, 9.17) is 9.47 Å². The lowest BCUT2D eigenvalue weighted by molar-refractivity contribution is 0.102. The molecule has 4 aromatic rings. The van der Waals surface area contributed by atoms with Crippen LogP contribution in [-0.2, 0) is 6.42 Å². The third kappa shape index (κ3) is 5.23. The average Bonchev–Trinajstić information content (AvgIpc) is 2.86. The van der Waals surface area contributed by atoms with Crippen LogP contribution in [0.25, 0.3) is 11.3 Å². The summed E-state index contributed by atoms with van der Waals surface area (Å²) in [5, 5.41) is 2.92. The van der Waals surface area contributed by atoms with Crippen LogP contribution in [0.4, 0.5) is 5.69 Å². The average molecular weight is 519 g/mol. The molecule has 2 heterocycles. The number of nitrogens with one attached hydrogen (secondary N) is 1. The van der Waals surface area contributed by atoms with Crippen LogP contribution in [0.5, 0.6) is 17.4 Å². The van der Waals surface area contributed by atoms with Crippen LogP contribution in [0.2, 0.25) is 0 Å². The number of aromatic nitrogens is 3. The maximum atomic E-state index is 12.9. The predicted molar refractivity (Wildman–Crippen MR) is 135 cm³/mol. The van der Waals surface area contributed by atoms with Crippen LogP contribution in [0.1, 0.15) is 28.7 Å². The summed E-state index contributed by atoms with van der Waals surface area (Å²) in [6, 6.07) is 16.3. The zero-order valence-corrected chi connectivity index (χ0v) is 20.6. The first kappa shape index (κ1) is 23.4. The van der Waals surface area contributed by atoms with E-state index in [0.29, 0.717) is 33.1 Å². The zero-order valence-electron chi connectivity index (χ0n) is 19.0. The Bertz CT molecular complexity index is 1340. The molecule has 1 N–H and O–H groups in total. The van der Waals surface area contributed by atoms with Gasteiger partial charge in [-0.3, -0.25) is 4.79 Å². The predicted octanol–water partition coefficient (Wildman–Crippen LogP) is 6.23. The molecule has 2 aromatic carbocycles. The molecule has 4 rings (SSSR count). The number of carbonyl (C=O) groups is 1. The third-order valence-corrected chi connectivity index (χ3v) is 5.83. The first-order valence-electron chi connectivity index (χ1n) is 10.7. The molecule has 7 nitrogen and oxygen atoms in total. The molecule has 0 spiro atoms. The first-order chi connectivity index (χ1) is 16.5. The molecular formula is C26H23BrN4O3. The maximum absolute atomic E-state index is 12.9. The summed E-state index contributed by atoms with van der Waals surface area (Å²) >= 11 is 3.42. The van der Waals surface area contributed by atoms with Gasteiger partial charge in [-0.2, -0.15) is 0 Å². The highest BCUT2D eigenvalue weighted by Gasteiger charge is 2.15. The number of halogens is 1. The second-order valence-corrected chi connectivity index (χ2v) is 8.30. The van der Waals surface area contributed by atoms with Gasteiger partial charge >= 0.3 is 0 Å². The highest BCUT2D eigenvalue weighted by Crippen LogP contribution is 2.33. The molecule has 0 aliphatic rings. The summed E-state index contributed by atoms with van der Waals surface area (Å²) in [6.45, 7) is 3.94. The first-order valence-corrected chi connectivity index (χ1v) is 11.5. The van der Waals surface area contributed by atoms with Crippen LogP contribution in [0, 0.1) is 6.92 Å². The summed E-state index contributed by atoms with van der Waals surface area (Å²) in [7, 11) is 1.56. The number of ether oxygens (including phenoxy) is 2. The highest BCUT2D eigenvalue weighted by molar-refractivity contribution is 9.10. The highest BCUT2D eigenvalue weighted by atomic mass is 79.9. The number of amides is 1. The lowest BCUT2D eigenvalue weighted by atomic mass is 10.1. The van der Waals surface area contributed by atoms with Gasteiger partial charge in [0.15, 0.2) is 0 Å². The van der Waals surface area contributed by atoms with Crippen molar-refractivity contribution in [1.29, 1.82) is 0 Å². The Balaban J connectivity index is 1.61. The molecule has 172 valence electrons. The Morgan fingerprint density at radius 3 is 2.71 bits per heavy atom. The lowest BCUT2D eigenvalue weighted by Crippen LogP contribution is -2.13. The number of hydrogen-bond acceptors (Lipinski definition) is 6. The molecule has 0 aliphatic heterocycles. The van der Waals surface area contributed by atoms with E-state index < -0.39 is 0 Å². The standard InChI is InChI=1S/C26H23BrN4O3/c1-4-24-28-13-11-22(31-24)19-6-5-12-29-26(19)34-23-14-17(8-7-16(23)2)30-25(32)20-15-18(33-3)9-10-21(20)27/h5-15H,4H2,1-3H3,(H,30,32). The Morgan fingerprint density at radius 2 is 1.91 bits per heavy atom. The Hall–Kier alpha value is -3.78. The summed E-state index contributed by atoms with van der Waals surface area (Å²) in [5.74, 6) is 2.07. The van der Waals surface area contributed by atoms with E-state index in [2.05, 4.69) is 36.2 Å². The van der Waals surface area contributed by atoms with Crippen LogP contribution >= 0.6 is 15.9 Å². The molecule has 0 bridgehead atoms. The smallest absolute Gasteiger partial charge is 0.256 e. The monoisotopic (exact) mass is 518 g/mol. The van der Waals surface area contributed by atoms with Crippen LogP contribution < -0.4 is 14.8 Å². The fraction of sp³-hybridized carbons (Fsp3) is 0.154. The van der Waals surface area contributed by atoms with Crippen molar-refractivity contribution in [2.45, 2.75) is 20.3 Å². The number of nitrogens with zero attached hydrogens (tertiary/aromatic N) is 3. The Morgan fingerprint density at radius 1 is 1.06 bits per heavy atom. The molecule has 2 aromatic heterocycles. The zero-order chi connectivity index (χ0) is 24.1. The molecule has 0 radical (unpaired) electrons. The van der Waals surface area contributed by atoms with E-state index in [1.165, 1.54) is 0 Å². The number of rotatable bonds is 7. The Labute approximate surface area is 206 Å². The van der Waals surface area contributed by atoms with Gasteiger partial charge in [0.1, 0.15) is 17.3 Å². The quantitative estimate of drug-likeness (QED) is 0.312. The maximum Gasteiger partial charge on any atom is 0.256 e. The van der Waals surface area contributed by atoms with Gasteiger partial charge in [-0.1, -0.05) is 13.0 Å². The van der Waals surface area contributed by atoms with E-state index in [-0.39, 0.29) is 5.91 Å². The summed E-state index contributed by atoms with van der Waals surface area (Å²) in [6.07, 6.45) is 4.13. The molecule has 0 unspecified atom stereocenters. The van der Waals surface area contributed by atoms with Crippen molar-refractivity contribution in [1.82, 2.24) is 15.0 Å². The van der Waals surface area contributed by atoms with E-state index >= 15 is 0 Å². The number of hydrogen-bond donors (Lipinski definition) is 1. The number of anilines is 1. The summed E-state index contributed by atoms with van der Waals surface area (Å²) in [5.41, 5.74) is 3.45. The lowest BCUT2D eigenvalue weighted by Gasteiger charge is -2.14. The molecule has 0 atom stereocenters. The van der Waals surface area contributed by atoms with Crippen molar-refractivity contribution in [3.05, 3.63) is 88.4 Å². The van der Waals surface area contributed by atoms with Crippen molar-refractivity contribution in [3.63, 3.8) is 0 Å². The van der Waals surface area contributed by atoms with Gasteiger partial charge in [0.25, 0.3) is 5.91 Å². The third-order valence-electron chi connectivity index (χ3n) is 5.14. The second kappa shape index (κ2) is 10.4. The topological polar surface area (TPSA) is 86.2 Å². The van der Waals surface area contributed by atoms with Crippen LogP contribution in [0.15, 0.2) is 71.5 Å². The number of aryl methyl sites for hydroxylation is 2. The van der Waals surface area contributed by atoms with Crippen molar-refractivity contribution in [2.75, 3.05) is 12.4 Å². The van der Waals surface area contributed by atoms with Gasteiger partial charge in [0.2, 0.25) is 5.88 Å². The van der Waals surface area contributed by atoms with Gasteiger partial charge < -0.3 is 14.8 Å². The van der Waals surface area contributed by atoms with Gasteiger partial charge in [-0.05, 0) is 70.9 Å². The fourth-order valence-electron chi connectivity index (χ4n) is 3.28. The van der Waals surface area contributed by atoms with Crippen molar-refractivity contribution in [2.24, 2.45) is 0 Å². The van der Waals surface area contributed by atoms with Crippen molar-refractivity contribution >= 4 is 27.5 Å². The number of carbonyl (C=O) groups excluding carboxylic acids is 1. The van der Waals surface area contributed by atoms with Crippen LogP contribution in [0.3, 0.4) is 0 Å². The number of pyridine rings is 1. The van der Waals surface area contributed by atoms with Crippen molar-refractivity contribution in [3.8, 4) is 28.6 Å². The molecule has 0 saturated heterocycles. The van der Waals surface area contributed by atoms with Gasteiger partial charge in [0.05, 0.1) is 23.9 Å². The van der Waals surface area contributed by atoms with E-state index in [0.717, 1.165) is 29.1 Å². The molecular weight excluding hydrogens is 496 g/mol. The van der Waals surface area contributed by atoms with Crippen LogP contribution in [-0.4, -0.2) is 28.0 Å². The van der Waals surface area contributed by atoms with Crippen molar-refractivity contribution < 1.29 is 14.3 Å². The minimum atomic E-state index is -0.271. The Kier molecular flexibility index (Phi) is 7.18. The van der Waals surface area contributed by atoms with E-state index in [9.17, 15) is 4.79 Å². The van der Waals surface area contributed by atoms with Gasteiger partial charge in [0, 0.05) is 35.0 Å². The number of methoxy groups -OCH3 is 1. The summed E-state index contributed by atoms with van der Waals surface area (Å²) in [4.78, 5) is 26.2. The molecule has 0 fully saturated rings. The van der Waals surface area contributed by atoms with E-state index in [1.807, 2.05) is 44.2 Å². The molecule has 34 heavy (non-hydrogen) atoms. The van der Waals surface area contributed by atoms with Gasteiger partial charge in [-0.25, -0.2) is 15.0 Å². The molecule has 0 saturated carbocycles. The fourth-order valence-corrected chi connectivity index (χ4v) is 3.71. The SMILES string of the molecule is CCc1nccc(-c2cccnc2Oc2cc(NC(=O)c3cc(OC)ccc3Br)ccc2C)n1. The molecule has 1 amide bonds. The minimum Gasteiger partial charge on any atom is -0.497 e. The summed E-state index contributed by atoms with van der Waals surface area (Å²) < 4.78 is 12.1. The normalized spacial score (nSPS) is 10.6. The van der Waals surface area contributed by atoms with E-state index in [1.54, 1.807) is 43.8 Å². The minimum absolute atomic E-state index is 0.271. The largest absolute Gasteiger partial charge is 0.497 e. The van der Waals surface area contributed by atoms with Gasteiger partial charge in [-0.15, -0.1) is 0 Å². The molecule has 8 heteroatoms. The molecule has 0 aliphatic carbocycles. The number of benzene rings is 2.